The van der Waals surface area contributed by atoms with E-state index in [9.17, 15) is 13.2 Å². The van der Waals surface area contributed by atoms with Crippen molar-refractivity contribution in [1.82, 2.24) is 15.0 Å². The lowest BCUT2D eigenvalue weighted by Crippen LogP contribution is -2.31. The quantitative estimate of drug-likeness (QED) is 0.620. The van der Waals surface area contributed by atoms with Crippen LogP contribution in [0.15, 0.2) is 41.7 Å². The van der Waals surface area contributed by atoms with E-state index < -0.39 is 11.7 Å². The molecule has 3 aromatic rings. The van der Waals surface area contributed by atoms with Gasteiger partial charge < -0.3 is 9.82 Å². The Bertz CT molecular complexity index is 1100. The summed E-state index contributed by atoms with van der Waals surface area (Å²) < 4.78 is 40.1. The maximum atomic E-state index is 13.4. The minimum Gasteiger partial charge on any atom is -0.388 e. The molecule has 0 atom stereocenters. The zero-order chi connectivity index (χ0) is 20.1. The number of hydrogen-bond acceptors (Lipinski definition) is 4. The Hall–Kier alpha value is -2.90. The molecule has 1 aliphatic heterocycles. The van der Waals surface area contributed by atoms with Gasteiger partial charge in [-0.25, -0.2) is 9.97 Å². The highest BCUT2D eigenvalue weighted by Gasteiger charge is 2.41. The Morgan fingerprint density at radius 1 is 1.07 bits per heavy atom. The average Bonchev–Trinajstić information content (AvgIpc) is 3.32. The first-order valence-electron chi connectivity index (χ1n) is 9.71. The molecule has 0 radical (unpaired) electrons. The number of hydrogen-bond donors (Lipinski definition) is 1. The van der Waals surface area contributed by atoms with Crippen molar-refractivity contribution in [1.29, 1.82) is 0 Å². The molecule has 1 aromatic carbocycles. The second-order valence-electron chi connectivity index (χ2n) is 7.77. The second-order valence-corrected chi connectivity index (χ2v) is 7.77. The molecule has 2 aliphatic rings. The fourth-order valence-electron chi connectivity index (χ4n) is 4.28. The van der Waals surface area contributed by atoms with Crippen LogP contribution in [0.3, 0.4) is 0 Å². The molecular formula is C21H19F3N4O. The number of alkyl halides is 3. The first-order chi connectivity index (χ1) is 13.9. The lowest BCUT2D eigenvalue weighted by atomic mass is 9.81. The summed E-state index contributed by atoms with van der Waals surface area (Å²) in [4.78, 5) is 17.7. The van der Waals surface area contributed by atoms with E-state index in [1.165, 1.54) is 24.8 Å². The minimum atomic E-state index is -4.44. The Kier molecular flexibility index (Phi) is 4.11. The number of nitrogens with one attached hydrogen (secondary N) is 1. The van der Waals surface area contributed by atoms with Gasteiger partial charge >= 0.3 is 6.18 Å². The number of imidazole rings is 1. The maximum Gasteiger partial charge on any atom is 0.417 e. The van der Waals surface area contributed by atoms with E-state index in [1.54, 1.807) is 12.1 Å². The zero-order valence-corrected chi connectivity index (χ0v) is 15.6. The molecule has 5 rings (SSSR count). The number of H-pyrrole nitrogens is 1. The van der Waals surface area contributed by atoms with Gasteiger partial charge in [-0.05, 0) is 43.4 Å². The van der Waals surface area contributed by atoms with Gasteiger partial charge in [0.2, 0.25) is 0 Å². The molecule has 0 bridgehead atoms. The second kappa shape index (κ2) is 6.57. The molecule has 1 fully saturated rings. The number of aromatic amines is 1. The number of nitrogens with zero attached hydrogens (tertiary/aromatic N) is 3. The Balaban J connectivity index is 1.48. The Labute approximate surface area is 165 Å². The fraction of sp³-hybridized carbons (Fsp3) is 0.381. The number of fused-ring (bicyclic) bond motifs is 1. The fourth-order valence-corrected chi connectivity index (χ4v) is 4.28. The molecule has 3 heterocycles. The summed E-state index contributed by atoms with van der Waals surface area (Å²) in [6.45, 7) is 0. The number of aromatic nitrogens is 3. The molecule has 0 saturated heterocycles. The lowest BCUT2D eigenvalue weighted by molar-refractivity contribution is -0.137. The van der Waals surface area contributed by atoms with Crippen molar-refractivity contribution in [2.75, 3.05) is 0 Å². The van der Waals surface area contributed by atoms with Gasteiger partial charge in [0.1, 0.15) is 11.3 Å². The normalized spacial score (nSPS) is 18.8. The van der Waals surface area contributed by atoms with Gasteiger partial charge in [-0.15, -0.1) is 0 Å². The number of benzene rings is 1. The van der Waals surface area contributed by atoms with Crippen LogP contribution in [0.5, 0.6) is 0 Å². The highest BCUT2D eigenvalue weighted by atomic mass is 19.4. The third-order valence-corrected chi connectivity index (χ3v) is 5.76. The molecule has 0 unspecified atom stereocenters. The van der Waals surface area contributed by atoms with Crippen LogP contribution < -0.4 is 0 Å². The van der Waals surface area contributed by atoms with Crippen molar-refractivity contribution < 1.29 is 18.0 Å². The zero-order valence-electron chi connectivity index (χ0n) is 15.6. The first kappa shape index (κ1) is 18.1. The lowest BCUT2D eigenvalue weighted by Gasteiger charge is -2.30. The van der Waals surface area contributed by atoms with Crippen molar-refractivity contribution in [2.45, 2.75) is 50.3 Å². The average molecular weight is 400 g/mol. The van der Waals surface area contributed by atoms with Crippen molar-refractivity contribution in [3.63, 3.8) is 0 Å². The molecule has 8 heteroatoms. The van der Waals surface area contributed by atoms with Crippen LogP contribution in [-0.2, 0) is 11.0 Å². The van der Waals surface area contributed by atoms with E-state index >= 15 is 0 Å². The van der Waals surface area contributed by atoms with Gasteiger partial charge in [0.05, 0.1) is 11.1 Å². The van der Waals surface area contributed by atoms with E-state index in [0.29, 0.717) is 29.0 Å². The van der Waals surface area contributed by atoms with Gasteiger partial charge in [0.15, 0.2) is 11.5 Å². The van der Waals surface area contributed by atoms with Gasteiger partial charge in [-0.1, -0.05) is 29.8 Å². The summed E-state index contributed by atoms with van der Waals surface area (Å²) in [5.41, 5.74) is 1.32. The summed E-state index contributed by atoms with van der Waals surface area (Å²) in [6, 6.07) is 7.14. The number of rotatable bonds is 2. The molecule has 1 N–H and O–H groups in total. The van der Waals surface area contributed by atoms with Crippen molar-refractivity contribution >= 4 is 16.9 Å². The number of halogens is 3. The third-order valence-electron chi connectivity index (χ3n) is 5.76. The molecule has 29 heavy (non-hydrogen) atoms. The molecule has 5 nitrogen and oxygen atoms in total. The molecule has 0 amide bonds. The molecular weight excluding hydrogens is 381 g/mol. The van der Waals surface area contributed by atoms with E-state index in [-0.39, 0.29) is 11.2 Å². The van der Waals surface area contributed by atoms with E-state index in [4.69, 9.17) is 4.84 Å². The van der Waals surface area contributed by atoms with E-state index in [0.717, 1.165) is 37.5 Å². The molecule has 2 aromatic heterocycles. The van der Waals surface area contributed by atoms with Crippen LogP contribution >= 0.6 is 0 Å². The summed E-state index contributed by atoms with van der Waals surface area (Å²) in [5, 5.41) is 4.25. The smallest absolute Gasteiger partial charge is 0.388 e. The first-order valence-corrected chi connectivity index (χ1v) is 9.71. The highest BCUT2D eigenvalue weighted by molar-refractivity contribution is 6.00. The van der Waals surface area contributed by atoms with Gasteiger partial charge in [-0.2, -0.15) is 13.2 Å². The van der Waals surface area contributed by atoms with Crippen molar-refractivity contribution in [2.24, 2.45) is 5.16 Å². The summed E-state index contributed by atoms with van der Waals surface area (Å²) >= 11 is 0. The predicted octanol–water partition coefficient (Wildman–Crippen LogP) is 5.47. The van der Waals surface area contributed by atoms with Crippen LogP contribution in [0.4, 0.5) is 13.2 Å². The van der Waals surface area contributed by atoms with E-state index in [2.05, 4.69) is 20.1 Å². The topological polar surface area (TPSA) is 63.2 Å². The summed E-state index contributed by atoms with van der Waals surface area (Å²) in [5.74, 6) is 0.566. The van der Waals surface area contributed by atoms with Crippen LogP contribution in [-0.4, -0.2) is 26.3 Å². The third kappa shape index (κ3) is 3.26. The molecule has 150 valence electrons. The van der Waals surface area contributed by atoms with Crippen LogP contribution in [0.1, 0.15) is 49.9 Å². The molecule has 1 aliphatic carbocycles. The predicted molar refractivity (Wildman–Crippen MR) is 102 cm³/mol. The number of oxime groups is 1. The summed E-state index contributed by atoms with van der Waals surface area (Å²) in [7, 11) is 0. The Morgan fingerprint density at radius 3 is 2.66 bits per heavy atom. The van der Waals surface area contributed by atoms with Crippen molar-refractivity contribution in [3.8, 4) is 11.1 Å². The Morgan fingerprint density at radius 2 is 1.86 bits per heavy atom. The number of pyridine rings is 1. The van der Waals surface area contributed by atoms with Gasteiger partial charge in [0.25, 0.3) is 0 Å². The van der Waals surface area contributed by atoms with Gasteiger partial charge in [-0.3, -0.25) is 0 Å². The summed E-state index contributed by atoms with van der Waals surface area (Å²) in [6.07, 6.45) is 3.13. The van der Waals surface area contributed by atoms with Crippen molar-refractivity contribution in [3.05, 3.63) is 47.9 Å². The minimum absolute atomic E-state index is 0.0910. The SMILES string of the molecule is FC(F)(F)c1ccccc1-c1cnc2nc(C3=NOC4(CCCCC4)C3)[nH]c2c1. The molecule has 1 spiro atoms. The maximum absolute atomic E-state index is 13.4. The van der Waals surface area contributed by atoms with Gasteiger partial charge in [0, 0.05) is 18.2 Å². The van der Waals surface area contributed by atoms with Crippen LogP contribution in [0.25, 0.3) is 22.3 Å². The standard InChI is InChI=1S/C21H19F3N4O/c22-21(23,24)15-7-3-2-6-14(15)13-10-16-18(25-12-13)27-19(26-16)17-11-20(29-28-17)8-4-1-5-9-20/h2-3,6-7,10,12H,1,4-5,8-9,11H2,(H,25,26,27). The van der Waals surface area contributed by atoms with Crippen LogP contribution in [0.2, 0.25) is 0 Å². The van der Waals surface area contributed by atoms with Crippen LogP contribution in [0, 0.1) is 0 Å². The monoisotopic (exact) mass is 400 g/mol. The largest absolute Gasteiger partial charge is 0.417 e. The van der Waals surface area contributed by atoms with E-state index in [1.807, 2.05) is 0 Å². The highest BCUT2D eigenvalue weighted by Crippen LogP contribution is 2.40. The molecule has 1 saturated carbocycles.